The van der Waals surface area contributed by atoms with E-state index >= 15 is 0 Å². The predicted octanol–water partition coefficient (Wildman–Crippen LogP) is 1.18. The normalized spacial score (nSPS) is 12.1. The van der Waals surface area contributed by atoms with Gasteiger partial charge in [-0.2, -0.15) is 0 Å². The Hall–Kier alpha value is -2.14. The molecule has 0 unspecified atom stereocenters. The second kappa shape index (κ2) is 8.70. The van der Waals surface area contributed by atoms with Gasteiger partial charge in [-0.25, -0.2) is 16.8 Å². The standard InChI is InChI=1S/C17H22N2O6S2/c1-24-16-9-8-15(12-17(16)25-2)27(22,23)19(26(20,21)11-10-18)13-14-6-4-3-5-7-14/h3-9,12H,10-11,13,18H2,1-2H3. The van der Waals surface area contributed by atoms with Crippen molar-refractivity contribution in [2.75, 3.05) is 26.5 Å². The molecule has 0 amide bonds. The van der Waals surface area contributed by atoms with Gasteiger partial charge < -0.3 is 15.2 Å². The average molecular weight is 415 g/mol. The minimum atomic E-state index is -4.38. The fraction of sp³-hybridized carbons (Fsp3) is 0.294. The van der Waals surface area contributed by atoms with Crippen LogP contribution in [0.4, 0.5) is 0 Å². The van der Waals surface area contributed by atoms with Gasteiger partial charge in [-0.3, -0.25) is 0 Å². The first kappa shape index (κ1) is 21.2. The lowest BCUT2D eigenvalue weighted by molar-refractivity contribution is 0.353. The molecule has 0 aromatic heterocycles. The molecule has 0 bridgehead atoms. The zero-order valence-electron chi connectivity index (χ0n) is 15.0. The summed E-state index contributed by atoms with van der Waals surface area (Å²) in [6.07, 6.45) is 0. The van der Waals surface area contributed by atoms with Crippen molar-refractivity contribution in [1.29, 1.82) is 0 Å². The van der Waals surface area contributed by atoms with Crippen LogP contribution in [0.2, 0.25) is 0 Å². The highest BCUT2D eigenvalue weighted by Crippen LogP contribution is 2.32. The van der Waals surface area contributed by atoms with Crippen molar-refractivity contribution in [2.24, 2.45) is 5.73 Å². The Morgan fingerprint density at radius 3 is 2.11 bits per heavy atom. The Bertz CT molecular complexity index is 976. The molecule has 2 aromatic rings. The van der Waals surface area contributed by atoms with Gasteiger partial charge in [0.05, 0.1) is 31.4 Å². The number of hydrogen-bond acceptors (Lipinski definition) is 7. The molecule has 2 aromatic carbocycles. The maximum atomic E-state index is 13.1. The molecule has 0 atom stereocenters. The summed E-state index contributed by atoms with van der Waals surface area (Å²) in [5.74, 6) is 0.0112. The summed E-state index contributed by atoms with van der Waals surface area (Å²) >= 11 is 0. The van der Waals surface area contributed by atoms with Gasteiger partial charge in [0.2, 0.25) is 10.0 Å². The van der Waals surface area contributed by atoms with Gasteiger partial charge in [-0.05, 0) is 17.7 Å². The van der Waals surface area contributed by atoms with E-state index < -0.39 is 25.8 Å². The molecular weight excluding hydrogens is 392 g/mol. The first-order valence-electron chi connectivity index (χ1n) is 7.98. The number of benzene rings is 2. The fourth-order valence-electron chi connectivity index (χ4n) is 2.41. The zero-order valence-corrected chi connectivity index (χ0v) is 16.7. The lowest BCUT2D eigenvalue weighted by Crippen LogP contribution is -2.39. The predicted molar refractivity (Wildman–Crippen MR) is 102 cm³/mol. The first-order valence-corrected chi connectivity index (χ1v) is 11.0. The highest BCUT2D eigenvalue weighted by molar-refractivity contribution is 8.04. The van der Waals surface area contributed by atoms with Crippen LogP contribution in [0.5, 0.6) is 11.5 Å². The summed E-state index contributed by atoms with van der Waals surface area (Å²) in [6, 6.07) is 12.4. The first-order chi connectivity index (χ1) is 12.8. The maximum Gasteiger partial charge on any atom is 0.256 e. The Morgan fingerprint density at radius 2 is 1.56 bits per heavy atom. The smallest absolute Gasteiger partial charge is 0.256 e. The molecule has 27 heavy (non-hydrogen) atoms. The third-order valence-electron chi connectivity index (χ3n) is 3.76. The molecule has 8 nitrogen and oxygen atoms in total. The lowest BCUT2D eigenvalue weighted by Gasteiger charge is -2.22. The average Bonchev–Trinajstić information content (AvgIpc) is 2.66. The molecule has 0 radical (unpaired) electrons. The summed E-state index contributed by atoms with van der Waals surface area (Å²) in [4.78, 5) is -0.225. The van der Waals surface area contributed by atoms with E-state index in [9.17, 15) is 16.8 Å². The van der Waals surface area contributed by atoms with Gasteiger partial charge in [-0.15, -0.1) is 0 Å². The van der Waals surface area contributed by atoms with Gasteiger partial charge in [0, 0.05) is 12.6 Å². The van der Waals surface area contributed by atoms with Crippen LogP contribution in [0.25, 0.3) is 0 Å². The van der Waals surface area contributed by atoms with Crippen molar-refractivity contribution in [3.8, 4) is 11.5 Å². The second-order valence-electron chi connectivity index (χ2n) is 5.54. The highest BCUT2D eigenvalue weighted by Gasteiger charge is 2.35. The van der Waals surface area contributed by atoms with Crippen molar-refractivity contribution in [2.45, 2.75) is 11.4 Å². The Morgan fingerprint density at radius 1 is 0.926 bits per heavy atom. The molecule has 0 saturated heterocycles. The van der Waals surface area contributed by atoms with E-state index in [4.69, 9.17) is 15.2 Å². The molecule has 0 spiro atoms. The van der Waals surface area contributed by atoms with E-state index in [1.165, 1.54) is 32.4 Å². The van der Waals surface area contributed by atoms with E-state index in [2.05, 4.69) is 0 Å². The van der Waals surface area contributed by atoms with Crippen LogP contribution < -0.4 is 15.2 Å². The number of methoxy groups -OCH3 is 2. The molecule has 10 heteroatoms. The number of ether oxygens (including phenoxy) is 2. The summed E-state index contributed by atoms with van der Waals surface area (Å²) in [5, 5.41) is 0. The highest BCUT2D eigenvalue weighted by atomic mass is 32.3. The number of nitrogens with zero attached hydrogens (tertiary/aromatic N) is 1. The largest absolute Gasteiger partial charge is 0.493 e. The molecule has 0 aliphatic rings. The van der Waals surface area contributed by atoms with Crippen molar-refractivity contribution in [1.82, 2.24) is 3.71 Å². The maximum absolute atomic E-state index is 13.1. The third-order valence-corrected chi connectivity index (χ3v) is 8.05. The van der Waals surface area contributed by atoms with Gasteiger partial charge >= 0.3 is 0 Å². The molecule has 2 rings (SSSR count). The lowest BCUT2D eigenvalue weighted by atomic mass is 10.2. The molecule has 0 aliphatic heterocycles. The summed E-state index contributed by atoms with van der Waals surface area (Å²) in [5.41, 5.74) is 5.90. The Labute approximate surface area is 159 Å². The molecule has 2 N–H and O–H groups in total. The Balaban J connectivity index is 2.56. The number of rotatable bonds is 9. The fourth-order valence-corrected chi connectivity index (χ4v) is 5.99. The van der Waals surface area contributed by atoms with Gasteiger partial charge in [-0.1, -0.05) is 34.0 Å². The zero-order chi connectivity index (χ0) is 20.1. The molecular formula is C17H22N2O6S2. The van der Waals surface area contributed by atoms with Crippen LogP contribution in [0.3, 0.4) is 0 Å². The summed E-state index contributed by atoms with van der Waals surface area (Å²) in [6.45, 7) is -0.533. The molecule has 148 valence electrons. The van der Waals surface area contributed by atoms with Crippen LogP contribution in [0.15, 0.2) is 53.4 Å². The van der Waals surface area contributed by atoms with Gasteiger partial charge in [0.25, 0.3) is 10.0 Å². The molecule has 0 saturated carbocycles. The molecule has 0 heterocycles. The number of sulfonamides is 2. The second-order valence-corrected chi connectivity index (χ2v) is 9.65. The van der Waals surface area contributed by atoms with Crippen LogP contribution in [0.1, 0.15) is 5.56 Å². The van der Waals surface area contributed by atoms with Crippen LogP contribution in [-0.2, 0) is 26.6 Å². The van der Waals surface area contributed by atoms with Crippen LogP contribution in [-0.4, -0.2) is 47.1 Å². The van der Waals surface area contributed by atoms with Crippen LogP contribution >= 0.6 is 0 Å². The quantitative estimate of drug-likeness (QED) is 0.655. The Kier molecular flexibility index (Phi) is 6.82. The third kappa shape index (κ3) is 4.78. The molecule has 0 fully saturated rings. The van der Waals surface area contributed by atoms with E-state index in [1.807, 2.05) is 0 Å². The number of nitrogens with two attached hydrogens (primary N) is 1. The minimum Gasteiger partial charge on any atom is -0.493 e. The summed E-state index contributed by atoms with van der Waals surface area (Å²) < 4.78 is 62.3. The topological polar surface area (TPSA) is 116 Å². The van der Waals surface area contributed by atoms with Gasteiger partial charge in [0.1, 0.15) is 0 Å². The number of hydrogen-bond donors (Lipinski definition) is 1. The summed E-state index contributed by atoms with van der Waals surface area (Å²) in [7, 11) is -5.77. The van der Waals surface area contributed by atoms with E-state index in [1.54, 1.807) is 30.3 Å². The van der Waals surface area contributed by atoms with Crippen molar-refractivity contribution in [3.05, 3.63) is 54.1 Å². The molecule has 0 aliphatic carbocycles. The van der Waals surface area contributed by atoms with Gasteiger partial charge in [0.15, 0.2) is 11.5 Å². The van der Waals surface area contributed by atoms with E-state index in [0.29, 0.717) is 15.0 Å². The van der Waals surface area contributed by atoms with Crippen LogP contribution in [0, 0.1) is 0 Å². The van der Waals surface area contributed by atoms with Crippen molar-refractivity contribution in [3.63, 3.8) is 0 Å². The SMILES string of the molecule is COc1ccc(S(=O)(=O)N(Cc2ccccc2)S(=O)(=O)CCN)cc1OC. The van der Waals surface area contributed by atoms with Crippen molar-refractivity contribution >= 4 is 20.0 Å². The monoisotopic (exact) mass is 414 g/mol. The van der Waals surface area contributed by atoms with E-state index in [-0.39, 0.29) is 23.7 Å². The van der Waals surface area contributed by atoms with Crippen molar-refractivity contribution < 1.29 is 26.3 Å². The minimum absolute atomic E-state index is 0.175. The van der Waals surface area contributed by atoms with E-state index in [0.717, 1.165) is 0 Å².